The van der Waals surface area contributed by atoms with E-state index in [1.54, 1.807) is 25.1 Å². The molecule has 14 nitrogen and oxygen atoms in total. The molecule has 286 valence electrons. The van der Waals surface area contributed by atoms with Crippen molar-refractivity contribution in [2.45, 2.75) is 129 Å². The summed E-state index contributed by atoms with van der Waals surface area (Å²) in [6.45, 7) is 2.80. The number of ether oxygens (including phenoxy) is 1. The van der Waals surface area contributed by atoms with Crippen LogP contribution < -0.4 is 22.1 Å². The Bertz CT molecular complexity index is 1300. The number of benzene rings is 1. The van der Waals surface area contributed by atoms with Crippen molar-refractivity contribution in [3.63, 3.8) is 0 Å². The van der Waals surface area contributed by atoms with E-state index in [9.17, 15) is 33.9 Å². The highest BCUT2D eigenvalue weighted by Crippen LogP contribution is 2.22. The van der Waals surface area contributed by atoms with Crippen molar-refractivity contribution in [1.82, 2.24) is 10.6 Å². The molecule has 2 atom stereocenters. The van der Waals surface area contributed by atoms with Gasteiger partial charge in [0.25, 0.3) is 0 Å². The number of nitrogens with two attached hydrogens (primary N) is 2. The highest BCUT2D eigenvalue weighted by molar-refractivity contribution is 9.10. The van der Waals surface area contributed by atoms with Gasteiger partial charge in [-0.15, -0.1) is 0 Å². The van der Waals surface area contributed by atoms with Crippen molar-refractivity contribution >= 4 is 57.4 Å². The third-order valence-electron chi connectivity index (χ3n) is 8.23. The fraction of sp³-hybridized carbons (Fsp3) is 0.639. The van der Waals surface area contributed by atoms with E-state index in [4.69, 9.17) is 21.3 Å². The molecule has 2 amide bonds. The van der Waals surface area contributed by atoms with E-state index < -0.39 is 23.9 Å². The van der Waals surface area contributed by atoms with Gasteiger partial charge < -0.3 is 37.1 Å². The van der Waals surface area contributed by atoms with Gasteiger partial charge in [0.15, 0.2) is 11.7 Å². The van der Waals surface area contributed by atoms with Gasteiger partial charge in [-0.05, 0) is 69.9 Å². The molecule has 0 aromatic heterocycles. The number of carboxylic acids is 2. The first-order chi connectivity index (χ1) is 24.3. The molecular formula is C36H56BrN5O9. The van der Waals surface area contributed by atoms with Crippen LogP contribution in [0.3, 0.4) is 0 Å². The normalized spacial score (nSPS) is 12.0. The van der Waals surface area contributed by atoms with E-state index in [1.165, 1.54) is 0 Å². The molecule has 0 spiro atoms. The van der Waals surface area contributed by atoms with E-state index >= 15 is 0 Å². The number of guanidine groups is 1. The van der Waals surface area contributed by atoms with Crippen LogP contribution in [0.5, 0.6) is 0 Å². The van der Waals surface area contributed by atoms with Crippen molar-refractivity contribution in [3.05, 3.63) is 33.8 Å². The number of hydrogen-bond donors (Lipinski definition) is 6. The number of ketones is 2. The Morgan fingerprint density at radius 3 is 2.18 bits per heavy atom. The van der Waals surface area contributed by atoms with Crippen LogP contribution in [0, 0.1) is 5.92 Å². The Balaban J connectivity index is 2.10. The molecule has 0 aliphatic heterocycles. The number of carbonyl (C=O) groups is 6. The molecule has 1 unspecified atom stereocenters. The summed E-state index contributed by atoms with van der Waals surface area (Å²) in [7, 11) is 0. The van der Waals surface area contributed by atoms with Gasteiger partial charge in [0.2, 0.25) is 5.91 Å². The third-order valence-corrected chi connectivity index (χ3v) is 8.97. The maximum Gasteiger partial charge on any atom is 0.407 e. The van der Waals surface area contributed by atoms with Crippen molar-refractivity contribution in [3.8, 4) is 0 Å². The lowest BCUT2D eigenvalue weighted by Gasteiger charge is -2.12. The molecule has 1 rings (SSSR count). The summed E-state index contributed by atoms with van der Waals surface area (Å²) in [5.41, 5.74) is 12.2. The first kappa shape index (κ1) is 45.0. The largest absolute Gasteiger partial charge is 0.481 e. The molecule has 0 fully saturated rings. The summed E-state index contributed by atoms with van der Waals surface area (Å²) in [5.74, 6) is -2.74. The Morgan fingerprint density at radius 2 is 1.51 bits per heavy atom. The molecule has 0 heterocycles. The fourth-order valence-corrected chi connectivity index (χ4v) is 5.72. The number of carbonyl (C=O) groups excluding carboxylic acids is 4. The molecule has 0 saturated carbocycles. The van der Waals surface area contributed by atoms with Crippen LogP contribution >= 0.6 is 15.9 Å². The van der Waals surface area contributed by atoms with Crippen LogP contribution in [0.4, 0.5) is 4.79 Å². The minimum Gasteiger partial charge on any atom is -0.481 e. The average molecular weight is 783 g/mol. The van der Waals surface area contributed by atoms with Crippen LogP contribution in [0.25, 0.3) is 0 Å². The quantitative estimate of drug-likeness (QED) is 0.0252. The molecule has 51 heavy (non-hydrogen) atoms. The van der Waals surface area contributed by atoms with Crippen molar-refractivity contribution in [2.75, 3.05) is 13.2 Å². The highest BCUT2D eigenvalue weighted by Gasteiger charge is 2.21. The second-order valence-corrected chi connectivity index (χ2v) is 13.6. The number of aliphatic carboxylic acids is 2. The first-order valence-electron chi connectivity index (χ1n) is 17.8. The number of nitrogens with zero attached hydrogens (tertiary/aromatic N) is 1. The van der Waals surface area contributed by atoms with Gasteiger partial charge >= 0.3 is 18.0 Å². The zero-order valence-corrected chi connectivity index (χ0v) is 31.3. The molecule has 0 aliphatic carbocycles. The summed E-state index contributed by atoms with van der Waals surface area (Å²) in [6, 6.07) is 5.00. The van der Waals surface area contributed by atoms with Crippen LogP contribution in [0.2, 0.25) is 0 Å². The van der Waals surface area contributed by atoms with Crippen LogP contribution in [0.1, 0.15) is 132 Å². The number of unbranched alkanes of at least 4 members (excludes halogenated alkanes) is 7. The molecule has 0 saturated heterocycles. The maximum atomic E-state index is 12.6. The Hall–Kier alpha value is -4.01. The van der Waals surface area contributed by atoms with E-state index in [1.807, 2.05) is 0 Å². The lowest BCUT2D eigenvalue weighted by Crippen LogP contribution is -2.33. The molecule has 0 bridgehead atoms. The highest BCUT2D eigenvalue weighted by atomic mass is 79.9. The second kappa shape index (κ2) is 26.8. The number of rotatable bonds is 29. The summed E-state index contributed by atoms with van der Waals surface area (Å²) < 4.78 is 5.83. The summed E-state index contributed by atoms with van der Waals surface area (Å²) in [4.78, 5) is 75.1. The van der Waals surface area contributed by atoms with Crippen LogP contribution in [0.15, 0.2) is 27.7 Å². The summed E-state index contributed by atoms with van der Waals surface area (Å²) in [5, 5.41) is 23.7. The molecule has 0 aliphatic rings. The number of aliphatic imine (C=N–C) groups is 1. The molecule has 1 aromatic carbocycles. The molecule has 15 heteroatoms. The third kappa shape index (κ3) is 23.2. The maximum absolute atomic E-state index is 12.6. The SMILES string of the molecule is C[C@H](CCC(=O)O)NC(=O)OCCCCCNC(=O)CCCCCCC(=O)CC(CCCCCC(=O)c1ccc(CN=C(N)N)c([80Br])c1)C(=O)O. The van der Waals surface area contributed by atoms with Gasteiger partial charge in [0.05, 0.1) is 19.1 Å². The van der Waals surface area contributed by atoms with E-state index in [-0.39, 0.29) is 48.9 Å². The fourth-order valence-electron chi connectivity index (χ4n) is 5.21. The van der Waals surface area contributed by atoms with Crippen molar-refractivity contribution in [1.29, 1.82) is 0 Å². The predicted molar refractivity (Wildman–Crippen MR) is 197 cm³/mol. The number of hydrogen-bond acceptors (Lipinski definition) is 8. The van der Waals surface area contributed by atoms with Gasteiger partial charge in [-0.1, -0.05) is 53.7 Å². The zero-order chi connectivity index (χ0) is 38.0. The van der Waals surface area contributed by atoms with Crippen LogP contribution in [-0.4, -0.2) is 70.9 Å². The second-order valence-electron chi connectivity index (χ2n) is 12.8. The molecule has 0 radical (unpaired) electrons. The van der Waals surface area contributed by atoms with Crippen molar-refractivity contribution in [2.24, 2.45) is 22.4 Å². The molecule has 8 N–H and O–H groups in total. The number of alkyl carbamates (subject to hydrolysis) is 1. The standard InChI is InChI=1S/C36H56BrN5O9/c1-25(16-19-33(46)47)42-36(50)51-21-11-5-10-20-40-32(45)15-9-3-2-7-13-29(43)22-27(34(48)49)12-6-4-8-14-31(44)26-17-18-28(30(37)23-26)24-41-35(38)39/h17-18,23,25,27H,2-16,19-22,24H2,1H3,(H,40,45)(H,42,50)(H,46,47)(H,48,49)(H4,38,39,41)/t25-,27?/m1/s1/i37+0. The molecule has 1 aromatic rings. The van der Waals surface area contributed by atoms with Crippen LogP contribution in [-0.2, 0) is 30.5 Å². The van der Waals surface area contributed by atoms with Crippen molar-refractivity contribution < 1.29 is 43.7 Å². The minimum atomic E-state index is -0.978. The number of carboxylic acid groups (broad SMARTS) is 2. The lowest BCUT2D eigenvalue weighted by molar-refractivity contribution is -0.144. The Morgan fingerprint density at radius 1 is 0.843 bits per heavy atom. The monoisotopic (exact) mass is 782 g/mol. The number of halogens is 1. The van der Waals surface area contributed by atoms with Gasteiger partial charge in [0.1, 0.15) is 5.78 Å². The first-order valence-corrected chi connectivity index (χ1v) is 18.6. The predicted octanol–water partition coefficient (Wildman–Crippen LogP) is 5.62. The van der Waals surface area contributed by atoms with Gasteiger partial charge in [-0.3, -0.25) is 24.0 Å². The number of Topliss-reactive ketones (excluding diaryl/α,β-unsaturated/α-hetero) is 2. The van der Waals surface area contributed by atoms with E-state index in [0.717, 1.165) is 35.7 Å². The van der Waals surface area contributed by atoms with E-state index in [2.05, 4.69) is 31.6 Å². The lowest BCUT2D eigenvalue weighted by atomic mass is 9.93. The van der Waals surface area contributed by atoms with Gasteiger partial charge in [0, 0.05) is 54.7 Å². The Kier molecular flexibility index (Phi) is 23.6. The topological polar surface area (TPSA) is 241 Å². The summed E-state index contributed by atoms with van der Waals surface area (Å²) >= 11 is 3.45. The average Bonchev–Trinajstić information content (AvgIpc) is 3.06. The Labute approximate surface area is 309 Å². The number of nitrogens with one attached hydrogen (secondary N) is 2. The zero-order valence-electron chi connectivity index (χ0n) is 29.8. The van der Waals surface area contributed by atoms with Gasteiger partial charge in [-0.25, -0.2) is 9.79 Å². The minimum absolute atomic E-state index is 0.00251. The van der Waals surface area contributed by atoms with Gasteiger partial charge in [-0.2, -0.15) is 0 Å². The summed E-state index contributed by atoms with van der Waals surface area (Å²) in [6.07, 6.45) is 8.25. The van der Waals surface area contributed by atoms with E-state index in [0.29, 0.717) is 89.3 Å². The molecular weight excluding hydrogens is 726 g/mol. The number of amides is 2. The smallest absolute Gasteiger partial charge is 0.407 e.